The highest BCUT2D eigenvalue weighted by molar-refractivity contribution is 5.94. The van der Waals surface area contributed by atoms with E-state index in [-0.39, 0.29) is 18.0 Å². The van der Waals surface area contributed by atoms with Crippen molar-refractivity contribution in [1.29, 1.82) is 0 Å². The molecule has 0 unspecified atom stereocenters. The highest BCUT2D eigenvalue weighted by atomic mass is 19.1. The standard InChI is InChI=1S/C15H13F2NO3/c16-10-2-1-3-11(17)14(10)15(21)18-7-6-9-4-5-12(19)13(20)8-9/h1-5,8,19-20H,6-7H2,(H,18,21). The Hall–Kier alpha value is -2.63. The number of hydrogen-bond acceptors (Lipinski definition) is 3. The molecule has 1 amide bonds. The first kappa shape index (κ1) is 14.8. The van der Waals surface area contributed by atoms with Crippen LogP contribution in [0.15, 0.2) is 36.4 Å². The van der Waals surface area contributed by atoms with Crippen LogP contribution in [-0.4, -0.2) is 22.7 Å². The summed E-state index contributed by atoms with van der Waals surface area (Å²) < 4.78 is 26.8. The number of carbonyl (C=O) groups excluding carboxylic acids is 1. The van der Waals surface area contributed by atoms with E-state index < -0.39 is 23.1 Å². The Kier molecular flexibility index (Phi) is 4.37. The molecule has 0 spiro atoms. The highest BCUT2D eigenvalue weighted by Gasteiger charge is 2.16. The molecular weight excluding hydrogens is 280 g/mol. The number of hydrogen-bond donors (Lipinski definition) is 3. The minimum absolute atomic E-state index is 0.136. The molecule has 0 atom stereocenters. The summed E-state index contributed by atoms with van der Waals surface area (Å²) in [7, 11) is 0. The van der Waals surface area contributed by atoms with E-state index in [1.165, 1.54) is 18.2 Å². The molecule has 0 aliphatic heterocycles. The number of phenols is 2. The van der Waals surface area contributed by atoms with Crippen molar-refractivity contribution in [2.45, 2.75) is 6.42 Å². The van der Waals surface area contributed by atoms with Crippen LogP contribution >= 0.6 is 0 Å². The number of phenolic OH excluding ortho intramolecular Hbond substituents is 2. The molecule has 0 aliphatic rings. The van der Waals surface area contributed by atoms with E-state index in [0.29, 0.717) is 12.0 Å². The van der Waals surface area contributed by atoms with Gasteiger partial charge in [0.1, 0.15) is 17.2 Å². The van der Waals surface area contributed by atoms with Gasteiger partial charge in [-0.25, -0.2) is 8.78 Å². The predicted octanol–water partition coefficient (Wildman–Crippen LogP) is 2.35. The van der Waals surface area contributed by atoms with Gasteiger partial charge in [-0.1, -0.05) is 12.1 Å². The van der Waals surface area contributed by atoms with E-state index >= 15 is 0 Å². The zero-order valence-corrected chi connectivity index (χ0v) is 10.9. The van der Waals surface area contributed by atoms with Crippen molar-refractivity contribution in [2.75, 3.05) is 6.54 Å². The lowest BCUT2D eigenvalue weighted by atomic mass is 10.1. The summed E-state index contributed by atoms with van der Waals surface area (Å²) >= 11 is 0. The van der Waals surface area contributed by atoms with E-state index in [1.54, 1.807) is 6.07 Å². The first-order chi connectivity index (χ1) is 9.99. The molecule has 110 valence electrons. The number of halogens is 2. The van der Waals surface area contributed by atoms with E-state index in [4.69, 9.17) is 5.11 Å². The number of benzene rings is 2. The van der Waals surface area contributed by atoms with Crippen LogP contribution in [0.1, 0.15) is 15.9 Å². The molecule has 0 saturated carbocycles. The maximum atomic E-state index is 13.4. The van der Waals surface area contributed by atoms with Gasteiger partial charge in [-0.15, -0.1) is 0 Å². The molecule has 0 aromatic heterocycles. The maximum Gasteiger partial charge on any atom is 0.257 e. The van der Waals surface area contributed by atoms with E-state index in [2.05, 4.69) is 5.32 Å². The van der Waals surface area contributed by atoms with Gasteiger partial charge in [-0.05, 0) is 36.2 Å². The number of nitrogens with one attached hydrogen (secondary N) is 1. The first-order valence-electron chi connectivity index (χ1n) is 6.22. The van der Waals surface area contributed by atoms with E-state index in [9.17, 15) is 18.7 Å². The SMILES string of the molecule is O=C(NCCc1ccc(O)c(O)c1)c1c(F)cccc1F. The molecule has 0 bridgehead atoms. The highest BCUT2D eigenvalue weighted by Crippen LogP contribution is 2.24. The quantitative estimate of drug-likeness (QED) is 0.758. The summed E-state index contributed by atoms with van der Waals surface area (Å²) in [5, 5.41) is 20.9. The van der Waals surface area contributed by atoms with Crippen LogP contribution in [0.2, 0.25) is 0 Å². The number of carbonyl (C=O) groups is 1. The summed E-state index contributed by atoms with van der Waals surface area (Å²) in [6.07, 6.45) is 0.343. The van der Waals surface area contributed by atoms with Gasteiger partial charge in [0, 0.05) is 6.54 Å². The van der Waals surface area contributed by atoms with Crippen molar-refractivity contribution < 1.29 is 23.8 Å². The third-order valence-electron chi connectivity index (χ3n) is 2.93. The molecule has 0 heterocycles. The molecule has 21 heavy (non-hydrogen) atoms. The Balaban J connectivity index is 1.97. The van der Waals surface area contributed by atoms with Crippen molar-refractivity contribution in [2.24, 2.45) is 0 Å². The molecule has 0 radical (unpaired) electrons. The lowest BCUT2D eigenvalue weighted by Gasteiger charge is -2.07. The van der Waals surface area contributed by atoms with Crippen molar-refractivity contribution in [3.8, 4) is 11.5 Å². The van der Waals surface area contributed by atoms with Crippen LogP contribution < -0.4 is 5.32 Å². The Bertz CT molecular complexity index is 654. The molecule has 2 aromatic carbocycles. The lowest BCUT2D eigenvalue weighted by Crippen LogP contribution is -2.27. The fraction of sp³-hybridized carbons (Fsp3) is 0.133. The van der Waals surface area contributed by atoms with Gasteiger partial charge < -0.3 is 15.5 Å². The summed E-state index contributed by atoms with van der Waals surface area (Å²) in [5.74, 6) is -3.19. The van der Waals surface area contributed by atoms with Gasteiger partial charge >= 0.3 is 0 Å². The minimum Gasteiger partial charge on any atom is -0.504 e. The van der Waals surface area contributed by atoms with Gasteiger partial charge in [0.05, 0.1) is 0 Å². The summed E-state index contributed by atoms with van der Waals surface area (Å²) in [6.45, 7) is 0.136. The number of amides is 1. The molecule has 3 N–H and O–H groups in total. The third-order valence-corrected chi connectivity index (χ3v) is 2.93. The van der Waals surface area contributed by atoms with Crippen molar-refractivity contribution in [3.05, 3.63) is 59.2 Å². The second-order valence-corrected chi connectivity index (χ2v) is 4.43. The Morgan fingerprint density at radius 3 is 2.33 bits per heavy atom. The average Bonchev–Trinajstić information content (AvgIpc) is 2.42. The zero-order valence-electron chi connectivity index (χ0n) is 10.9. The molecule has 6 heteroatoms. The van der Waals surface area contributed by atoms with Crippen molar-refractivity contribution in [1.82, 2.24) is 5.32 Å². The maximum absolute atomic E-state index is 13.4. The average molecular weight is 293 g/mol. The van der Waals surface area contributed by atoms with E-state index in [0.717, 1.165) is 12.1 Å². The second-order valence-electron chi connectivity index (χ2n) is 4.43. The predicted molar refractivity (Wildman–Crippen MR) is 72.2 cm³/mol. The smallest absolute Gasteiger partial charge is 0.257 e. The van der Waals surface area contributed by atoms with Crippen LogP contribution in [0.5, 0.6) is 11.5 Å². The van der Waals surface area contributed by atoms with Crippen LogP contribution in [0.25, 0.3) is 0 Å². The van der Waals surface area contributed by atoms with E-state index in [1.807, 2.05) is 0 Å². The van der Waals surface area contributed by atoms with Crippen LogP contribution in [0, 0.1) is 11.6 Å². The van der Waals surface area contributed by atoms with Gasteiger partial charge in [-0.3, -0.25) is 4.79 Å². The molecule has 2 aromatic rings. The second kappa shape index (κ2) is 6.21. The summed E-state index contributed by atoms with van der Waals surface area (Å²) in [6, 6.07) is 7.45. The Morgan fingerprint density at radius 1 is 1.05 bits per heavy atom. The zero-order chi connectivity index (χ0) is 15.4. The van der Waals surface area contributed by atoms with Crippen LogP contribution in [0.4, 0.5) is 8.78 Å². The normalized spacial score (nSPS) is 10.4. The summed E-state index contributed by atoms with van der Waals surface area (Å²) in [5.41, 5.74) is 0.0469. The monoisotopic (exact) mass is 293 g/mol. The van der Waals surface area contributed by atoms with Crippen molar-refractivity contribution >= 4 is 5.91 Å². The van der Waals surface area contributed by atoms with Crippen molar-refractivity contribution in [3.63, 3.8) is 0 Å². The molecule has 0 aliphatic carbocycles. The van der Waals surface area contributed by atoms with Gasteiger partial charge in [0.2, 0.25) is 0 Å². The first-order valence-corrected chi connectivity index (χ1v) is 6.22. The van der Waals surface area contributed by atoms with Gasteiger partial charge in [-0.2, -0.15) is 0 Å². The lowest BCUT2D eigenvalue weighted by molar-refractivity contribution is 0.0945. The van der Waals surface area contributed by atoms with Gasteiger partial charge in [0.15, 0.2) is 11.5 Å². The number of rotatable bonds is 4. The topological polar surface area (TPSA) is 69.6 Å². The Morgan fingerprint density at radius 2 is 1.71 bits per heavy atom. The minimum atomic E-state index is -0.922. The third kappa shape index (κ3) is 3.47. The molecule has 0 fully saturated rings. The Labute approximate surface area is 119 Å². The van der Waals surface area contributed by atoms with Crippen LogP contribution in [0.3, 0.4) is 0 Å². The van der Waals surface area contributed by atoms with Crippen LogP contribution in [-0.2, 0) is 6.42 Å². The number of aromatic hydroxyl groups is 2. The molecular formula is C15H13F2NO3. The van der Waals surface area contributed by atoms with Gasteiger partial charge in [0.25, 0.3) is 5.91 Å². The molecule has 4 nitrogen and oxygen atoms in total. The largest absolute Gasteiger partial charge is 0.504 e. The fourth-order valence-corrected chi connectivity index (χ4v) is 1.85. The molecule has 0 saturated heterocycles. The molecule has 2 rings (SSSR count). The summed E-state index contributed by atoms with van der Waals surface area (Å²) in [4.78, 5) is 11.7. The fourth-order valence-electron chi connectivity index (χ4n) is 1.85.